The normalized spacial score (nSPS) is 32.9. The van der Waals surface area contributed by atoms with E-state index in [0.717, 1.165) is 24.1 Å². The van der Waals surface area contributed by atoms with Gasteiger partial charge in [0.25, 0.3) is 0 Å². The number of fused-ring (bicyclic) bond motifs is 1. The van der Waals surface area contributed by atoms with Crippen LogP contribution in [0.2, 0.25) is 0 Å². The summed E-state index contributed by atoms with van der Waals surface area (Å²) in [6, 6.07) is 7.97. The van der Waals surface area contributed by atoms with Gasteiger partial charge in [-0.15, -0.1) is 0 Å². The third kappa shape index (κ3) is 1.30. The van der Waals surface area contributed by atoms with E-state index in [4.69, 9.17) is 5.73 Å². The first-order valence-electron chi connectivity index (χ1n) is 5.56. The van der Waals surface area contributed by atoms with Crippen LogP contribution in [0.1, 0.15) is 6.42 Å². The fourth-order valence-electron chi connectivity index (χ4n) is 2.86. The number of piperidine rings is 1. The molecule has 0 spiro atoms. The Balaban J connectivity index is 1.91. The van der Waals surface area contributed by atoms with Crippen LogP contribution in [0.4, 0.5) is 5.69 Å². The number of aromatic hydroxyl groups is 1. The number of rotatable bonds is 2. The van der Waals surface area contributed by atoms with Crippen molar-refractivity contribution in [3.05, 3.63) is 24.3 Å². The fraction of sp³-hybridized carbons (Fsp3) is 0.500. The van der Waals surface area contributed by atoms with Crippen LogP contribution in [0.5, 0.6) is 5.75 Å². The monoisotopic (exact) mass is 204 g/mol. The van der Waals surface area contributed by atoms with Crippen LogP contribution in [0.3, 0.4) is 0 Å². The first-order valence-corrected chi connectivity index (χ1v) is 5.56. The molecule has 3 unspecified atom stereocenters. The number of nitrogens with zero attached hydrogens (tertiary/aromatic N) is 1. The highest BCUT2D eigenvalue weighted by molar-refractivity contribution is 5.60. The van der Waals surface area contributed by atoms with Gasteiger partial charge in [0.05, 0.1) is 5.69 Å². The van der Waals surface area contributed by atoms with Gasteiger partial charge in [0.15, 0.2) is 0 Å². The van der Waals surface area contributed by atoms with Crippen LogP contribution in [0, 0.1) is 11.8 Å². The molecule has 1 aliphatic heterocycles. The second kappa shape index (κ2) is 3.14. The lowest BCUT2D eigenvalue weighted by Crippen LogP contribution is -2.38. The highest BCUT2D eigenvalue weighted by Gasteiger charge is 2.52. The van der Waals surface area contributed by atoms with Gasteiger partial charge in [-0.1, -0.05) is 12.1 Å². The molecule has 1 heterocycles. The van der Waals surface area contributed by atoms with Crippen LogP contribution in [-0.2, 0) is 0 Å². The Labute approximate surface area is 89.5 Å². The Morgan fingerprint density at radius 3 is 2.93 bits per heavy atom. The van der Waals surface area contributed by atoms with Gasteiger partial charge < -0.3 is 15.7 Å². The van der Waals surface area contributed by atoms with Crippen molar-refractivity contribution in [3.63, 3.8) is 0 Å². The zero-order chi connectivity index (χ0) is 10.4. The lowest BCUT2D eigenvalue weighted by atomic mass is 10.1. The molecule has 2 aliphatic rings. The summed E-state index contributed by atoms with van der Waals surface area (Å²) in [6.07, 6.45) is 1.33. The Hall–Kier alpha value is -1.22. The highest BCUT2D eigenvalue weighted by Crippen LogP contribution is 2.51. The molecule has 1 aliphatic carbocycles. The van der Waals surface area contributed by atoms with Crippen LogP contribution < -0.4 is 10.6 Å². The van der Waals surface area contributed by atoms with Crippen molar-refractivity contribution in [2.24, 2.45) is 17.6 Å². The maximum atomic E-state index is 9.80. The number of hydrogen-bond acceptors (Lipinski definition) is 3. The summed E-state index contributed by atoms with van der Waals surface area (Å²) in [7, 11) is 0. The summed E-state index contributed by atoms with van der Waals surface area (Å²) in [4.78, 5) is 2.27. The summed E-state index contributed by atoms with van der Waals surface area (Å²) in [5.41, 5.74) is 6.75. The average Bonchev–Trinajstić information content (AvgIpc) is 2.91. The summed E-state index contributed by atoms with van der Waals surface area (Å²) >= 11 is 0. The zero-order valence-corrected chi connectivity index (χ0v) is 8.63. The summed E-state index contributed by atoms with van der Waals surface area (Å²) in [6.45, 7) is 1.75. The molecule has 0 radical (unpaired) electrons. The van der Waals surface area contributed by atoms with Crippen molar-refractivity contribution in [1.29, 1.82) is 0 Å². The molecule has 3 atom stereocenters. The van der Waals surface area contributed by atoms with E-state index >= 15 is 0 Å². The highest BCUT2D eigenvalue weighted by atomic mass is 16.3. The lowest BCUT2D eigenvalue weighted by molar-refractivity contribution is 0.470. The second-order valence-corrected chi connectivity index (χ2v) is 4.60. The van der Waals surface area contributed by atoms with Crippen LogP contribution in [-0.4, -0.2) is 24.2 Å². The van der Waals surface area contributed by atoms with Gasteiger partial charge in [-0.25, -0.2) is 0 Å². The number of para-hydroxylation sites is 2. The van der Waals surface area contributed by atoms with Crippen molar-refractivity contribution in [3.8, 4) is 5.75 Å². The van der Waals surface area contributed by atoms with Crippen molar-refractivity contribution in [1.82, 2.24) is 0 Å². The lowest BCUT2D eigenvalue weighted by Gasteiger charge is -2.29. The van der Waals surface area contributed by atoms with E-state index in [-0.39, 0.29) is 0 Å². The minimum Gasteiger partial charge on any atom is -0.506 e. The van der Waals surface area contributed by atoms with Crippen LogP contribution in [0.25, 0.3) is 0 Å². The maximum Gasteiger partial charge on any atom is 0.138 e. The first-order chi connectivity index (χ1) is 7.31. The zero-order valence-electron chi connectivity index (χ0n) is 8.63. The first kappa shape index (κ1) is 9.04. The molecule has 0 aromatic heterocycles. The van der Waals surface area contributed by atoms with Gasteiger partial charge in [-0.05, 0) is 30.4 Å². The van der Waals surface area contributed by atoms with Gasteiger partial charge in [0.1, 0.15) is 5.75 Å². The Morgan fingerprint density at radius 1 is 1.40 bits per heavy atom. The predicted octanol–water partition coefficient (Wildman–Crippen LogP) is 1.18. The molecule has 1 saturated carbocycles. The minimum absolute atomic E-state index is 0.372. The van der Waals surface area contributed by atoms with E-state index in [9.17, 15) is 5.11 Å². The average molecular weight is 204 g/mol. The van der Waals surface area contributed by atoms with Gasteiger partial charge in [0.2, 0.25) is 0 Å². The Bertz CT molecular complexity index is 380. The molecular weight excluding hydrogens is 188 g/mol. The molecule has 3 heteroatoms. The molecule has 80 valence electrons. The second-order valence-electron chi connectivity index (χ2n) is 4.60. The summed E-state index contributed by atoms with van der Waals surface area (Å²) in [5, 5.41) is 9.80. The van der Waals surface area contributed by atoms with E-state index in [1.807, 2.05) is 18.2 Å². The topological polar surface area (TPSA) is 49.5 Å². The fourth-order valence-corrected chi connectivity index (χ4v) is 2.86. The number of phenolic OH excluding ortho intramolecular Hbond substituents is 1. The maximum absolute atomic E-state index is 9.80. The number of benzene rings is 1. The van der Waals surface area contributed by atoms with Crippen molar-refractivity contribution >= 4 is 5.69 Å². The largest absolute Gasteiger partial charge is 0.506 e. The molecule has 1 aromatic rings. The molecule has 3 rings (SSSR count). The van der Waals surface area contributed by atoms with E-state index in [2.05, 4.69) is 4.90 Å². The SMILES string of the molecule is NCC1C2CC2CN1c1ccccc1O. The quantitative estimate of drug-likeness (QED) is 0.760. The summed E-state index contributed by atoms with van der Waals surface area (Å²) < 4.78 is 0. The number of hydrogen-bond donors (Lipinski definition) is 2. The smallest absolute Gasteiger partial charge is 0.138 e. The predicted molar refractivity (Wildman–Crippen MR) is 59.9 cm³/mol. The van der Waals surface area contributed by atoms with Gasteiger partial charge >= 0.3 is 0 Å². The number of anilines is 1. The third-order valence-corrected chi connectivity index (χ3v) is 3.74. The van der Waals surface area contributed by atoms with E-state index in [1.54, 1.807) is 6.07 Å². The Kier molecular flexibility index (Phi) is 1.89. The van der Waals surface area contributed by atoms with Gasteiger partial charge in [0, 0.05) is 19.1 Å². The van der Waals surface area contributed by atoms with E-state index in [1.165, 1.54) is 6.42 Å². The molecule has 15 heavy (non-hydrogen) atoms. The van der Waals surface area contributed by atoms with Crippen molar-refractivity contribution < 1.29 is 5.11 Å². The van der Waals surface area contributed by atoms with Crippen LogP contribution in [0.15, 0.2) is 24.3 Å². The molecule has 0 bridgehead atoms. The molecule has 0 amide bonds. The minimum atomic E-state index is 0.372. The van der Waals surface area contributed by atoms with Gasteiger partial charge in [-0.2, -0.15) is 0 Å². The molecular formula is C12H16N2O. The van der Waals surface area contributed by atoms with E-state index < -0.39 is 0 Å². The van der Waals surface area contributed by atoms with Crippen LogP contribution >= 0.6 is 0 Å². The third-order valence-electron chi connectivity index (χ3n) is 3.74. The summed E-state index contributed by atoms with van der Waals surface area (Å²) in [5.74, 6) is 1.96. The number of nitrogens with two attached hydrogens (primary N) is 1. The Morgan fingerprint density at radius 2 is 2.20 bits per heavy atom. The number of phenols is 1. The van der Waals surface area contributed by atoms with E-state index in [0.29, 0.717) is 18.3 Å². The van der Waals surface area contributed by atoms with Crippen molar-refractivity contribution in [2.45, 2.75) is 12.5 Å². The molecule has 2 fully saturated rings. The standard InChI is InChI=1S/C12H16N2O/c13-6-11-9-5-8(9)7-14(11)10-3-1-2-4-12(10)15/h1-4,8-9,11,15H,5-7,13H2. The molecule has 1 saturated heterocycles. The molecule has 3 N–H and O–H groups in total. The van der Waals surface area contributed by atoms with Crippen molar-refractivity contribution in [2.75, 3.05) is 18.0 Å². The molecule has 3 nitrogen and oxygen atoms in total. The van der Waals surface area contributed by atoms with Gasteiger partial charge in [-0.3, -0.25) is 0 Å². The molecule has 1 aromatic carbocycles.